The number of aromatic hydroxyl groups is 1. The molecule has 1 heterocycles. The Morgan fingerprint density at radius 3 is 2.62 bits per heavy atom. The SMILES string of the molecule is Cc1c(OCc2ccc(-c3nn[nH]n3)cc2)ccc(C(=O)CC2CCCC2)c1O. The number of aromatic nitrogens is 4. The number of carbonyl (C=O) groups excluding carboxylic acids is 1. The summed E-state index contributed by atoms with van der Waals surface area (Å²) in [6, 6.07) is 11.1. The molecule has 0 radical (unpaired) electrons. The van der Waals surface area contributed by atoms with Crippen molar-refractivity contribution in [2.45, 2.75) is 45.6 Å². The first kappa shape index (κ1) is 19.1. The summed E-state index contributed by atoms with van der Waals surface area (Å²) in [6.45, 7) is 2.12. The summed E-state index contributed by atoms with van der Waals surface area (Å²) in [4.78, 5) is 12.6. The van der Waals surface area contributed by atoms with E-state index in [4.69, 9.17) is 4.74 Å². The first-order chi connectivity index (χ1) is 14.1. The molecule has 0 bridgehead atoms. The van der Waals surface area contributed by atoms with Crippen LogP contribution in [0.2, 0.25) is 0 Å². The van der Waals surface area contributed by atoms with Crippen LogP contribution in [0.15, 0.2) is 36.4 Å². The Hall–Kier alpha value is -3.22. The molecule has 1 aliphatic carbocycles. The molecule has 7 nitrogen and oxygen atoms in total. The summed E-state index contributed by atoms with van der Waals surface area (Å²) in [5.41, 5.74) is 2.82. The summed E-state index contributed by atoms with van der Waals surface area (Å²) in [6.07, 6.45) is 5.13. The number of benzene rings is 2. The van der Waals surface area contributed by atoms with Crippen LogP contribution in [0, 0.1) is 12.8 Å². The van der Waals surface area contributed by atoms with Crippen molar-refractivity contribution in [3.63, 3.8) is 0 Å². The topological polar surface area (TPSA) is 101 Å². The number of nitrogens with zero attached hydrogens (tertiary/aromatic N) is 3. The van der Waals surface area contributed by atoms with Gasteiger partial charge in [0.1, 0.15) is 18.1 Å². The van der Waals surface area contributed by atoms with Crippen LogP contribution in [-0.2, 0) is 6.61 Å². The minimum absolute atomic E-state index is 0.0149. The highest BCUT2D eigenvalue weighted by atomic mass is 16.5. The standard InChI is InChI=1S/C22H24N4O3/c1-14-20(11-10-18(21(14)28)19(27)12-15-4-2-3-5-15)29-13-16-6-8-17(9-7-16)22-23-25-26-24-22/h6-11,15,28H,2-5,12-13H2,1H3,(H,23,24,25,26). The maximum atomic E-state index is 12.6. The van der Waals surface area contributed by atoms with Crippen molar-refractivity contribution in [1.82, 2.24) is 20.6 Å². The van der Waals surface area contributed by atoms with Gasteiger partial charge in [-0.1, -0.05) is 49.9 Å². The van der Waals surface area contributed by atoms with Crippen LogP contribution in [-0.4, -0.2) is 31.5 Å². The number of hydrogen-bond acceptors (Lipinski definition) is 6. The maximum Gasteiger partial charge on any atom is 0.204 e. The Morgan fingerprint density at radius 2 is 1.93 bits per heavy atom. The zero-order valence-electron chi connectivity index (χ0n) is 16.4. The first-order valence-electron chi connectivity index (χ1n) is 9.93. The second kappa shape index (κ2) is 8.43. The van der Waals surface area contributed by atoms with Crippen molar-refractivity contribution in [2.24, 2.45) is 5.92 Å². The van der Waals surface area contributed by atoms with Crippen molar-refractivity contribution in [3.05, 3.63) is 53.1 Å². The molecule has 0 atom stereocenters. The molecule has 0 saturated heterocycles. The van der Waals surface area contributed by atoms with Crippen molar-refractivity contribution in [3.8, 4) is 22.9 Å². The second-order valence-corrected chi connectivity index (χ2v) is 7.58. The Bertz CT molecular complexity index is 978. The molecule has 3 aromatic rings. The second-order valence-electron chi connectivity index (χ2n) is 7.58. The lowest BCUT2D eigenvalue weighted by atomic mass is 9.95. The quantitative estimate of drug-likeness (QED) is 0.584. The van der Waals surface area contributed by atoms with Gasteiger partial charge in [-0.15, -0.1) is 10.2 Å². The summed E-state index contributed by atoms with van der Waals surface area (Å²) < 4.78 is 5.88. The number of Topliss-reactive ketones (excluding diaryl/α,β-unsaturated/α-hetero) is 1. The van der Waals surface area contributed by atoms with Crippen LogP contribution in [0.25, 0.3) is 11.4 Å². The first-order valence-corrected chi connectivity index (χ1v) is 9.93. The average Bonchev–Trinajstić information content (AvgIpc) is 3.44. The average molecular weight is 392 g/mol. The maximum absolute atomic E-state index is 12.6. The molecule has 1 saturated carbocycles. The Kier molecular flexibility index (Phi) is 5.55. The number of H-pyrrole nitrogens is 1. The van der Waals surface area contributed by atoms with Gasteiger partial charge in [-0.05, 0) is 35.8 Å². The number of carbonyl (C=O) groups is 1. The van der Waals surface area contributed by atoms with E-state index in [-0.39, 0.29) is 11.5 Å². The van der Waals surface area contributed by atoms with Crippen LogP contribution in [0.3, 0.4) is 0 Å². The van der Waals surface area contributed by atoms with Crippen molar-refractivity contribution in [1.29, 1.82) is 0 Å². The van der Waals surface area contributed by atoms with Crippen molar-refractivity contribution >= 4 is 5.78 Å². The Morgan fingerprint density at radius 1 is 1.17 bits per heavy atom. The van der Waals surface area contributed by atoms with Gasteiger partial charge in [0.05, 0.1) is 5.56 Å². The molecule has 2 aromatic carbocycles. The van der Waals surface area contributed by atoms with E-state index in [0.717, 1.165) is 24.0 Å². The smallest absolute Gasteiger partial charge is 0.204 e. The van der Waals surface area contributed by atoms with E-state index in [2.05, 4.69) is 20.6 Å². The van der Waals surface area contributed by atoms with Gasteiger partial charge >= 0.3 is 0 Å². The molecule has 1 fully saturated rings. The fraction of sp³-hybridized carbons (Fsp3) is 0.364. The normalized spacial score (nSPS) is 14.2. The predicted molar refractivity (Wildman–Crippen MR) is 108 cm³/mol. The third kappa shape index (κ3) is 4.29. The largest absolute Gasteiger partial charge is 0.507 e. The molecule has 0 unspecified atom stereocenters. The number of hydrogen-bond donors (Lipinski definition) is 2. The lowest BCUT2D eigenvalue weighted by Crippen LogP contribution is -2.07. The third-order valence-electron chi connectivity index (χ3n) is 5.58. The number of ketones is 1. The number of tetrazole rings is 1. The number of phenols is 1. The number of ether oxygens (including phenoxy) is 1. The van der Waals surface area contributed by atoms with Gasteiger partial charge in [-0.3, -0.25) is 4.79 Å². The Balaban J connectivity index is 1.41. The zero-order valence-corrected chi connectivity index (χ0v) is 16.4. The summed E-state index contributed by atoms with van der Waals surface area (Å²) in [5.74, 6) is 1.60. The molecule has 29 heavy (non-hydrogen) atoms. The highest BCUT2D eigenvalue weighted by Gasteiger charge is 2.22. The van der Waals surface area contributed by atoms with E-state index in [0.29, 0.717) is 41.6 Å². The monoisotopic (exact) mass is 392 g/mol. The number of rotatable bonds is 7. The number of phenolic OH excluding ortho intramolecular Hbond substituents is 1. The van der Waals surface area contributed by atoms with Crippen LogP contribution < -0.4 is 4.74 Å². The molecule has 0 aliphatic heterocycles. The van der Waals surface area contributed by atoms with E-state index in [1.165, 1.54) is 12.8 Å². The van der Waals surface area contributed by atoms with Gasteiger partial charge in [0, 0.05) is 17.5 Å². The van der Waals surface area contributed by atoms with Gasteiger partial charge in [0.25, 0.3) is 0 Å². The zero-order chi connectivity index (χ0) is 20.2. The number of nitrogens with one attached hydrogen (secondary N) is 1. The highest BCUT2D eigenvalue weighted by Crippen LogP contribution is 2.34. The summed E-state index contributed by atoms with van der Waals surface area (Å²) in [5, 5.41) is 24.4. The molecule has 1 aliphatic rings. The van der Waals surface area contributed by atoms with Gasteiger partial charge in [-0.25, -0.2) is 0 Å². The van der Waals surface area contributed by atoms with Crippen LogP contribution in [0.1, 0.15) is 53.6 Å². The molecule has 0 spiro atoms. The molecule has 150 valence electrons. The molecule has 4 rings (SSSR count). The lowest BCUT2D eigenvalue weighted by molar-refractivity contribution is 0.0959. The van der Waals surface area contributed by atoms with E-state index in [1.807, 2.05) is 24.3 Å². The lowest BCUT2D eigenvalue weighted by Gasteiger charge is -2.14. The van der Waals surface area contributed by atoms with Gasteiger partial charge in [0.2, 0.25) is 5.82 Å². The minimum atomic E-state index is 0.0149. The fourth-order valence-corrected chi connectivity index (χ4v) is 3.84. The van der Waals surface area contributed by atoms with E-state index in [1.54, 1.807) is 19.1 Å². The summed E-state index contributed by atoms with van der Waals surface area (Å²) >= 11 is 0. The summed E-state index contributed by atoms with van der Waals surface area (Å²) in [7, 11) is 0. The molecule has 7 heteroatoms. The van der Waals surface area contributed by atoms with Crippen molar-refractivity contribution < 1.29 is 14.6 Å². The molecular formula is C22H24N4O3. The third-order valence-corrected chi connectivity index (χ3v) is 5.58. The van der Waals surface area contributed by atoms with E-state index < -0.39 is 0 Å². The van der Waals surface area contributed by atoms with Gasteiger partial charge in [-0.2, -0.15) is 5.21 Å². The van der Waals surface area contributed by atoms with Crippen molar-refractivity contribution in [2.75, 3.05) is 0 Å². The highest BCUT2D eigenvalue weighted by molar-refractivity contribution is 5.99. The van der Waals surface area contributed by atoms with Crippen LogP contribution in [0.4, 0.5) is 0 Å². The molecular weight excluding hydrogens is 368 g/mol. The molecule has 1 aromatic heterocycles. The van der Waals surface area contributed by atoms with Crippen LogP contribution in [0.5, 0.6) is 11.5 Å². The number of aromatic amines is 1. The van der Waals surface area contributed by atoms with Gasteiger partial charge < -0.3 is 9.84 Å². The minimum Gasteiger partial charge on any atom is -0.507 e. The van der Waals surface area contributed by atoms with E-state index >= 15 is 0 Å². The molecule has 2 N–H and O–H groups in total. The predicted octanol–water partition coefficient (Wildman–Crippen LogP) is 4.22. The van der Waals surface area contributed by atoms with E-state index in [9.17, 15) is 9.90 Å². The van der Waals surface area contributed by atoms with Crippen LogP contribution >= 0.6 is 0 Å². The Labute approximate surface area is 169 Å². The molecule has 0 amide bonds. The van der Waals surface area contributed by atoms with Gasteiger partial charge in [0.15, 0.2) is 5.78 Å². The fourth-order valence-electron chi connectivity index (χ4n) is 3.84.